The lowest BCUT2D eigenvalue weighted by Crippen LogP contribution is -2.42. The minimum Gasteiger partial charge on any atom is -0.481 e. The molecule has 2 unspecified atom stereocenters. The second kappa shape index (κ2) is 5.63. The van der Waals surface area contributed by atoms with Gasteiger partial charge in [-0.05, 0) is 18.9 Å². The number of carbonyl (C=O) groups is 2. The van der Waals surface area contributed by atoms with Crippen LogP contribution in [0.25, 0.3) is 0 Å². The number of hydrogen-bond donors (Lipinski definition) is 2. The summed E-state index contributed by atoms with van der Waals surface area (Å²) in [6.45, 7) is -0.116. The summed E-state index contributed by atoms with van der Waals surface area (Å²) in [6.07, 6.45) is -1.47. The molecule has 1 fully saturated rings. The normalized spacial score (nSPS) is 22.1. The molecule has 5 nitrogen and oxygen atoms in total. The number of piperidine rings is 1. The molecule has 0 aromatic heterocycles. The van der Waals surface area contributed by atoms with E-state index in [0.29, 0.717) is 12.1 Å². The standard InChI is InChI=1S/C13H12F3NO4/c14-8-5-10(16)9(15)4-7(8)11-3-6(12(18)19)1-2-17(11)13(20)21/h4-6,11H,1-3H2,(H,18,19)(H,20,21). The summed E-state index contributed by atoms with van der Waals surface area (Å²) in [6, 6.07) is -0.252. The SMILES string of the molecule is O=C(O)C1CCN(C(=O)O)C(c2cc(F)c(F)cc2F)C1. The third kappa shape index (κ3) is 2.93. The Morgan fingerprint density at radius 1 is 1.10 bits per heavy atom. The van der Waals surface area contributed by atoms with Crippen LogP contribution in [0.5, 0.6) is 0 Å². The number of carboxylic acid groups (broad SMARTS) is 2. The highest BCUT2D eigenvalue weighted by atomic mass is 19.2. The van der Waals surface area contributed by atoms with Crippen molar-refractivity contribution < 1.29 is 33.0 Å². The molecule has 0 bridgehead atoms. The van der Waals surface area contributed by atoms with Crippen molar-refractivity contribution >= 4 is 12.1 Å². The van der Waals surface area contributed by atoms with Crippen LogP contribution in [-0.2, 0) is 4.79 Å². The van der Waals surface area contributed by atoms with Gasteiger partial charge >= 0.3 is 12.1 Å². The van der Waals surface area contributed by atoms with Gasteiger partial charge < -0.3 is 15.1 Å². The number of nitrogens with zero attached hydrogens (tertiary/aromatic N) is 1. The summed E-state index contributed by atoms with van der Waals surface area (Å²) in [7, 11) is 0. The van der Waals surface area contributed by atoms with E-state index in [4.69, 9.17) is 10.2 Å². The van der Waals surface area contributed by atoms with E-state index in [2.05, 4.69) is 0 Å². The smallest absolute Gasteiger partial charge is 0.407 e. The molecule has 1 amide bonds. The number of aliphatic carboxylic acids is 1. The highest BCUT2D eigenvalue weighted by Gasteiger charge is 2.37. The van der Waals surface area contributed by atoms with Crippen LogP contribution in [0.2, 0.25) is 0 Å². The first-order valence-electron chi connectivity index (χ1n) is 6.18. The van der Waals surface area contributed by atoms with E-state index in [1.807, 2.05) is 0 Å². The third-order valence-electron chi connectivity index (χ3n) is 3.60. The zero-order valence-electron chi connectivity index (χ0n) is 10.7. The first-order chi connectivity index (χ1) is 9.81. The number of carboxylic acids is 1. The van der Waals surface area contributed by atoms with Gasteiger partial charge in [0.05, 0.1) is 12.0 Å². The summed E-state index contributed by atoms with van der Waals surface area (Å²) in [5.74, 6) is -5.79. The van der Waals surface area contributed by atoms with Crippen molar-refractivity contribution in [3.63, 3.8) is 0 Å². The van der Waals surface area contributed by atoms with Crippen molar-refractivity contribution in [2.45, 2.75) is 18.9 Å². The van der Waals surface area contributed by atoms with Gasteiger partial charge in [0.2, 0.25) is 0 Å². The van der Waals surface area contributed by atoms with Crippen LogP contribution in [0.3, 0.4) is 0 Å². The first-order valence-corrected chi connectivity index (χ1v) is 6.18. The molecule has 1 heterocycles. The number of rotatable bonds is 2. The molecule has 0 spiro atoms. The largest absolute Gasteiger partial charge is 0.481 e. The predicted octanol–water partition coefficient (Wildman–Crippen LogP) is 2.62. The molecule has 21 heavy (non-hydrogen) atoms. The van der Waals surface area contributed by atoms with E-state index in [1.165, 1.54) is 0 Å². The Bertz CT molecular complexity index is 593. The second-order valence-corrected chi connectivity index (χ2v) is 4.84. The maximum absolute atomic E-state index is 13.8. The fraction of sp³-hybridized carbons (Fsp3) is 0.385. The van der Waals surface area contributed by atoms with E-state index >= 15 is 0 Å². The molecule has 114 valence electrons. The Hall–Kier alpha value is -2.25. The zero-order chi connectivity index (χ0) is 15.7. The van der Waals surface area contributed by atoms with Gasteiger partial charge in [0.1, 0.15) is 5.82 Å². The predicted molar refractivity (Wildman–Crippen MR) is 64.1 cm³/mol. The number of amides is 1. The summed E-state index contributed by atoms with van der Waals surface area (Å²) in [4.78, 5) is 23.0. The molecule has 1 aliphatic heterocycles. The lowest BCUT2D eigenvalue weighted by molar-refractivity contribution is -0.144. The maximum atomic E-state index is 13.8. The molecule has 2 rings (SSSR count). The minimum absolute atomic E-state index is 0.0867. The van der Waals surface area contributed by atoms with Gasteiger partial charge in [-0.25, -0.2) is 18.0 Å². The van der Waals surface area contributed by atoms with Crippen molar-refractivity contribution in [1.82, 2.24) is 4.90 Å². The Balaban J connectivity index is 2.42. The van der Waals surface area contributed by atoms with Crippen LogP contribution in [-0.4, -0.2) is 33.7 Å². The summed E-state index contributed by atoms with van der Waals surface area (Å²) < 4.78 is 40.0. The number of benzene rings is 1. The molecule has 0 radical (unpaired) electrons. The monoisotopic (exact) mass is 303 g/mol. The van der Waals surface area contributed by atoms with Gasteiger partial charge in [0.25, 0.3) is 0 Å². The van der Waals surface area contributed by atoms with Gasteiger partial charge in [-0.3, -0.25) is 4.79 Å². The van der Waals surface area contributed by atoms with Gasteiger partial charge in [-0.1, -0.05) is 0 Å². The molecule has 1 aromatic rings. The fourth-order valence-electron chi connectivity index (χ4n) is 2.51. The van der Waals surface area contributed by atoms with Crippen LogP contribution in [0.4, 0.5) is 18.0 Å². The molecular formula is C13H12F3NO4. The van der Waals surface area contributed by atoms with E-state index in [-0.39, 0.29) is 24.9 Å². The molecular weight excluding hydrogens is 291 g/mol. The highest BCUT2D eigenvalue weighted by molar-refractivity contribution is 5.71. The van der Waals surface area contributed by atoms with Crippen LogP contribution in [0.1, 0.15) is 24.4 Å². The van der Waals surface area contributed by atoms with Crippen LogP contribution < -0.4 is 0 Å². The number of hydrogen-bond acceptors (Lipinski definition) is 2. The van der Waals surface area contributed by atoms with Gasteiger partial charge in [0.15, 0.2) is 11.6 Å². The average molecular weight is 303 g/mol. The topological polar surface area (TPSA) is 77.8 Å². The number of halogens is 3. The summed E-state index contributed by atoms with van der Waals surface area (Å²) in [5.41, 5.74) is -0.359. The van der Waals surface area contributed by atoms with Crippen molar-refractivity contribution in [1.29, 1.82) is 0 Å². The molecule has 0 aliphatic carbocycles. The Labute approximate surface area is 117 Å². The Morgan fingerprint density at radius 3 is 2.29 bits per heavy atom. The quantitative estimate of drug-likeness (QED) is 0.823. The molecule has 1 aliphatic rings. The minimum atomic E-state index is -1.39. The van der Waals surface area contributed by atoms with Crippen molar-refractivity contribution in [3.05, 3.63) is 35.1 Å². The van der Waals surface area contributed by atoms with Crippen LogP contribution in [0, 0.1) is 23.4 Å². The van der Waals surface area contributed by atoms with E-state index in [1.54, 1.807) is 0 Å². The average Bonchev–Trinajstić information content (AvgIpc) is 2.42. The van der Waals surface area contributed by atoms with E-state index in [9.17, 15) is 22.8 Å². The van der Waals surface area contributed by atoms with Gasteiger partial charge in [0, 0.05) is 18.2 Å². The molecule has 1 aromatic carbocycles. The number of likely N-dealkylation sites (tertiary alicyclic amines) is 1. The van der Waals surface area contributed by atoms with E-state index in [0.717, 1.165) is 4.90 Å². The third-order valence-corrected chi connectivity index (χ3v) is 3.60. The second-order valence-electron chi connectivity index (χ2n) is 4.84. The zero-order valence-corrected chi connectivity index (χ0v) is 10.7. The van der Waals surface area contributed by atoms with Gasteiger partial charge in [-0.2, -0.15) is 0 Å². The summed E-state index contributed by atoms with van der Waals surface area (Å²) >= 11 is 0. The first kappa shape index (κ1) is 15.1. The lowest BCUT2D eigenvalue weighted by atomic mass is 9.87. The highest BCUT2D eigenvalue weighted by Crippen LogP contribution is 2.36. The molecule has 8 heteroatoms. The van der Waals surface area contributed by atoms with Crippen molar-refractivity contribution in [3.8, 4) is 0 Å². The Morgan fingerprint density at radius 2 is 1.71 bits per heavy atom. The lowest BCUT2D eigenvalue weighted by Gasteiger charge is -2.36. The summed E-state index contributed by atoms with van der Waals surface area (Å²) in [5, 5.41) is 18.1. The maximum Gasteiger partial charge on any atom is 0.407 e. The molecule has 2 N–H and O–H groups in total. The Kier molecular flexibility index (Phi) is 4.06. The molecule has 0 saturated carbocycles. The van der Waals surface area contributed by atoms with Crippen LogP contribution in [0.15, 0.2) is 12.1 Å². The van der Waals surface area contributed by atoms with Crippen molar-refractivity contribution in [2.75, 3.05) is 6.54 Å². The fourth-order valence-corrected chi connectivity index (χ4v) is 2.51. The van der Waals surface area contributed by atoms with Gasteiger partial charge in [-0.15, -0.1) is 0 Å². The van der Waals surface area contributed by atoms with Crippen molar-refractivity contribution in [2.24, 2.45) is 5.92 Å². The van der Waals surface area contributed by atoms with E-state index < -0.39 is 41.5 Å². The molecule has 2 atom stereocenters. The van der Waals surface area contributed by atoms with Crippen LogP contribution >= 0.6 is 0 Å². The molecule has 1 saturated heterocycles.